The SMILES string of the molecule is O=C(COC(=O)c1cc(S(=O)(=O)N2CCCC2)ccc1O)NC1CCCC1. The third-order valence-corrected chi connectivity index (χ3v) is 6.84. The van der Waals surface area contributed by atoms with Crippen molar-refractivity contribution in [3.05, 3.63) is 23.8 Å². The van der Waals surface area contributed by atoms with Crippen LogP contribution in [-0.2, 0) is 19.6 Å². The highest BCUT2D eigenvalue weighted by Gasteiger charge is 2.29. The average Bonchev–Trinajstić information content (AvgIpc) is 3.34. The van der Waals surface area contributed by atoms with Gasteiger partial charge in [0.25, 0.3) is 5.91 Å². The van der Waals surface area contributed by atoms with E-state index < -0.39 is 34.3 Å². The lowest BCUT2D eigenvalue weighted by Gasteiger charge is -2.16. The van der Waals surface area contributed by atoms with E-state index in [1.807, 2.05) is 0 Å². The molecule has 2 aliphatic rings. The predicted molar refractivity (Wildman–Crippen MR) is 96.8 cm³/mol. The molecule has 9 heteroatoms. The van der Waals surface area contributed by atoms with E-state index in [2.05, 4.69) is 5.32 Å². The van der Waals surface area contributed by atoms with Crippen molar-refractivity contribution in [1.82, 2.24) is 9.62 Å². The normalized spacial score (nSPS) is 18.5. The van der Waals surface area contributed by atoms with Gasteiger partial charge in [-0.15, -0.1) is 0 Å². The quantitative estimate of drug-likeness (QED) is 0.703. The first-order chi connectivity index (χ1) is 12.9. The number of nitrogens with zero attached hydrogens (tertiary/aromatic N) is 1. The number of nitrogens with one attached hydrogen (secondary N) is 1. The van der Waals surface area contributed by atoms with Gasteiger partial charge < -0.3 is 15.2 Å². The number of esters is 1. The van der Waals surface area contributed by atoms with Gasteiger partial charge in [-0.05, 0) is 43.9 Å². The number of hydrogen-bond acceptors (Lipinski definition) is 6. The van der Waals surface area contributed by atoms with Gasteiger partial charge in [0.15, 0.2) is 6.61 Å². The molecule has 0 bridgehead atoms. The Morgan fingerprint density at radius 3 is 2.48 bits per heavy atom. The lowest BCUT2D eigenvalue weighted by atomic mass is 10.2. The second kappa shape index (κ2) is 8.26. The maximum absolute atomic E-state index is 12.6. The minimum Gasteiger partial charge on any atom is -0.507 e. The summed E-state index contributed by atoms with van der Waals surface area (Å²) in [6.45, 7) is 0.395. The molecule has 27 heavy (non-hydrogen) atoms. The Balaban J connectivity index is 1.66. The highest BCUT2D eigenvalue weighted by atomic mass is 32.2. The van der Waals surface area contributed by atoms with Crippen molar-refractivity contribution in [1.29, 1.82) is 0 Å². The molecule has 3 rings (SSSR count). The standard InChI is InChI=1S/C18H24N2O6S/c21-16-8-7-14(27(24,25)20-9-3-4-10-20)11-15(16)18(23)26-12-17(22)19-13-5-1-2-6-13/h7-8,11,13,21H,1-6,9-10,12H2,(H,19,22). The van der Waals surface area contributed by atoms with E-state index >= 15 is 0 Å². The number of aromatic hydroxyl groups is 1. The zero-order valence-corrected chi connectivity index (χ0v) is 15.8. The molecule has 1 aromatic carbocycles. The molecule has 1 aliphatic carbocycles. The molecule has 8 nitrogen and oxygen atoms in total. The predicted octanol–water partition coefficient (Wildman–Crippen LogP) is 1.39. The smallest absolute Gasteiger partial charge is 0.342 e. The van der Waals surface area contributed by atoms with Crippen molar-refractivity contribution in [2.24, 2.45) is 0 Å². The zero-order chi connectivity index (χ0) is 19.4. The molecule has 1 aromatic rings. The van der Waals surface area contributed by atoms with E-state index in [-0.39, 0.29) is 16.5 Å². The molecule has 1 saturated heterocycles. The molecule has 0 spiro atoms. The third-order valence-electron chi connectivity index (χ3n) is 4.95. The highest BCUT2D eigenvalue weighted by molar-refractivity contribution is 7.89. The van der Waals surface area contributed by atoms with Crippen molar-refractivity contribution in [3.8, 4) is 5.75 Å². The molecule has 0 unspecified atom stereocenters. The van der Waals surface area contributed by atoms with Gasteiger partial charge in [-0.1, -0.05) is 12.8 Å². The molecular formula is C18H24N2O6S. The Hall–Kier alpha value is -2.13. The van der Waals surface area contributed by atoms with Gasteiger partial charge in [0, 0.05) is 19.1 Å². The first-order valence-electron chi connectivity index (χ1n) is 9.17. The number of hydrogen-bond donors (Lipinski definition) is 2. The molecule has 0 aromatic heterocycles. The number of phenolic OH excluding ortho intramolecular Hbond substituents is 1. The van der Waals surface area contributed by atoms with Crippen LogP contribution in [0.25, 0.3) is 0 Å². The molecule has 1 aliphatic heterocycles. The number of ether oxygens (including phenoxy) is 1. The largest absolute Gasteiger partial charge is 0.507 e. The summed E-state index contributed by atoms with van der Waals surface area (Å²) < 4.78 is 31.5. The van der Waals surface area contributed by atoms with Gasteiger partial charge >= 0.3 is 5.97 Å². The summed E-state index contributed by atoms with van der Waals surface area (Å²) >= 11 is 0. The monoisotopic (exact) mass is 396 g/mol. The molecule has 1 amide bonds. The van der Waals surface area contributed by atoms with E-state index in [0.717, 1.165) is 50.7 Å². The third kappa shape index (κ3) is 4.59. The van der Waals surface area contributed by atoms with Crippen molar-refractivity contribution in [2.45, 2.75) is 49.5 Å². The topological polar surface area (TPSA) is 113 Å². The molecule has 2 N–H and O–H groups in total. The van der Waals surface area contributed by atoms with Gasteiger partial charge in [0.2, 0.25) is 10.0 Å². The first-order valence-corrected chi connectivity index (χ1v) is 10.6. The fraction of sp³-hybridized carbons (Fsp3) is 0.556. The van der Waals surface area contributed by atoms with Gasteiger partial charge in [-0.3, -0.25) is 4.79 Å². The fourth-order valence-electron chi connectivity index (χ4n) is 3.46. The Bertz CT molecular complexity index is 811. The van der Waals surface area contributed by atoms with E-state index in [1.165, 1.54) is 10.4 Å². The summed E-state index contributed by atoms with van der Waals surface area (Å²) in [5.41, 5.74) is -0.274. The van der Waals surface area contributed by atoms with Gasteiger partial charge in [-0.25, -0.2) is 13.2 Å². The summed E-state index contributed by atoms with van der Waals surface area (Å²) in [7, 11) is -3.72. The summed E-state index contributed by atoms with van der Waals surface area (Å²) in [5, 5.41) is 12.7. The lowest BCUT2D eigenvalue weighted by Crippen LogP contribution is -2.35. The van der Waals surface area contributed by atoms with Crippen LogP contribution in [-0.4, -0.2) is 55.4 Å². The van der Waals surface area contributed by atoms with Crippen molar-refractivity contribution < 1.29 is 27.9 Å². The van der Waals surface area contributed by atoms with Crippen LogP contribution in [0.1, 0.15) is 48.9 Å². The number of amides is 1. The first kappa shape index (κ1) is 19.6. The van der Waals surface area contributed by atoms with Crippen LogP contribution in [0.5, 0.6) is 5.75 Å². The second-order valence-corrected chi connectivity index (χ2v) is 8.85. The number of benzene rings is 1. The fourth-order valence-corrected chi connectivity index (χ4v) is 5.01. The Kier molecular flexibility index (Phi) is 6.01. The van der Waals surface area contributed by atoms with Crippen LogP contribution in [0.15, 0.2) is 23.1 Å². The summed E-state index contributed by atoms with van der Waals surface area (Å²) in [5.74, 6) is -1.74. The summed E-state index contributed by atoms with van der Waals surface area (Å²) in [4.78, 5) is 24.0. The number of rotatable bonds is 6. The van der Waals surface area contributed by atoms with Gasteiger partial charge in [0.05, 0.1) is 4.90 Å². The van der Waals surface area contributed by atoms with Crippen LogP contribution >= 0.6 is 0 Å². The maximum atomic E-state index is 12.6. The molecule has 1 heterocycles. The van der Waals surface area contributed by atoms with Crippen LogP contribution < -0.4 is 5.32 Å². The van der Waals surface area contributed by atoms with Gasteiger partial charge in [-0.2, -0.15) is 4.31 Å². The molecule has 2 fully saturated rings. The van der Waals surface area contributed by atoms with E-state index in [1.54, 1.807) is 0 Å². The van der Waals surface area contributed by atoms with Crippen LogP contribution in [0.4, 0.5) is 0 Å². The minimum absolute atomic E-state index is 0.0791. The Labute approximate surface area is 158 Å². The Morgan fingerprint density at radius 2 is 1.81 bits per heavy atom. The minimum atomic E-state index is -3.72. The number of carbonyl (C=O) groups excluding carboxylic acids is 2. The molecule has 148 valence electrons. The molecule has 0 atom stereocenters. The van der Waals surface area contributed by atoms with E-state index in [4.69, 9.17) is 4.74 Å². The van der Waals surface area contributed by atoms with Crippen molar-refractivity contribution >= 4 is 21.9 Å². The number of carbonyl (C=O) groups is 2. The van der Waals surface area contributed by atoms with Crippen LogP contribution in [0.3, 0.4) is 0 Å². The lowest BCUT2D eigenvalue weighted by molar-refractivity contribution is -0.124. The van der Waals surface area contributed by atoms with E-state index in [9.17, 15) is 23.1 Å². The van der Waals surface area contributed by atoms with Crippen LogP contribution in [0.2, 0.25) is 0 Å². The summed E-state index contributed by atoms with van der Waals surface area (Å²) in [6, 6.07) is 3.61. The second-order valence-electron chi connectivity index (χ2n) is 6.92. The van der Waals surface area contributed by atoms with E-state index in [0.29, 0.717) is 13.1 Å². The zero-order valence-electron chi connectivity index (χ0n) is 15.0. The van der Waals surface area contributed by atoms with Crippen molar-refractivity contribution in [2.75, 3.05) is 19.7 Å². The van der Waals surface area contributed by atoms with Crippen LogP contribution in [0, 0.1) is 0 Å². The molecule has 1 saturated carbocycles. The highest BCUT2D eigenvalue weighted by Crippen LogP contribution is 2.26. The molecular weight excluding hydrogens is 372 g/mol. The summed E-state index contributed by atoms with van der Waals surface area (Å²) in [6.07, 6.45) is 5.55. The Morgan fingerprint density at radius 1 is 1.15 bits per heavy atom. The van der Waals surface area contributed by atoms with Crippen molar-refractivity contribution in [3.63, 3.8) is 0 Å². The number of sulfonamides is 1. The average molecular weight is 396 g/mol. The number of phenols is 1. The molecule has 0 radical (unpaired) electrons. The maximum Gasteiger partial charge on any atom is 0.342 e. The van der Waals surface area contributed by atoms with Gasteiger partial charge in [0.1, 0.15) is 11.3 Å².